The minimum absolute atomic E-state index is 0.0714. The standard InChI is InChI=1S/C16H15ClFNO2/c1-11(19-20)9-12-5-7-13(8-6-12)21-10-14-15(17)3-2-4-16(14)18/h2-8,20H,9-10H2,1H3/b19-11-. The second-order valence-electron chi connectivity index (χ2n) is 4.64. The van der Waals surface area contributed by atoms with E-state index in [-0.39, 0.29) is 12.4 Å². The Morgan fingerprint density at radius 1 is 1.24 bits per heavy atom. The maximum Gasteiger partial charge on any atom is 0.131 e. The molecule has 0 atom stereocenters. The highest BCUT2D eigenvalue weighted by atomic mass is 35.5. The maximum atomic E-state index is 13.6. The van der Waals surface area contributed by atoms with Crippen LogP contribution in [0.25, 0.3) is 0 Å². The van der Waals surface area contributed by atoms with Gasteiger partial charge in [-0.25, -0.2) is 4.39 Å². The summed E-state index contributed by atoms with van der Waals surface area (Å²) in [5.41, 5.74) is 1.97. The fraction of sp³-hybridized carbons (Fsp3) is 0.188. The Morgan fingerprint density at radius 3 is 2.57 bits per heavy atom. The largest absolute Gasteiger partial charge is 0.489 e. The SMILES string of the molecule is C/C(Cc1ccc(OCc2c(F)cccc2Cl)cc1)=N/O. The molecule has 0 heterocycles. The predicted molar refractivity (Wildman–Crippen MR) is 80.8 cm³/mol. The molecule has 0 fully saturated rings. The Morgan fingerprint density at radius 2 is 1.95 bits per heavy atom. The van der Waals surface area contributed by atoms with Crippen LogP contribution in [0.1, 0.15) is 18.1 Å². The van der Waals surface area contributed by atoms with Crippen LogP contribution in [0, 0.1) is 5.82 Å². The molecule has 0 aromatic heterocycles. The molecular formula is C16H15ClFNO2. The summed E-state index contributed by atoms with van der Waals surface area (Å²) in [5, 5.41) is 12.1. The van der Waals surface area contributed by atoms with Gasteiger partial charge in [-0.1, -0.05) is 35.0 Å². The van der Waals surface area contributed by atoms with E-state index in [1.165, 1.54) is 6.07 Å². The van der Waals surface area contributed by atoms with Crippen molar-refractivity contribution in [2.45, 2.75) is 20.0 Å². The molecule has 2 aromatic carbocycles. The van der Waals surface area contributed by atoms with Crippen LogP contribution in [0.5, 0.6) is 5.75 Å². The number of rotatable bonds is 5. The summed E-state index contributed by atoms with van der Waals surface area (Å²) >= 11 is 5.94. The summed E-state index contributed by atoms with van der Waals surface area (Å²) in [5.74, 6) is 0.241. The zero-order valence-corrected chi connectivity index (χ0v) is 12.3. The van der Waals surface area contributed by atoms with Crippen molar-refractivity contribution in [3.8, 4) is 5.75 Å². The van der Waals surface area contributed by atoms with Crippen LogP contribution in [0.15, 0.2) is 47.6 Å². The van der Waals surface area contributed by atoms with Gasteiger partial charge in [0.15, 0.2) is 0 Å². The summed E-state index contributed by atoms with van der Waals surface area (Å²) in [7, 11) is 0. The first-order chi connectivity index (χ1) is 10.1. The number of benzene rings is 2. The van der Waals surface area contributed by atoms with Crippen LogP contribution >= 0.6 is 11.6 Å². The van der Waals surface area contributed by atoms with Crippen molar-refractivity contribution < 1.29 is 14.3 Å². The van der Waals surface area contributed by atoms with E-state index in [4.69, 9.17) is 21.5 Å². The third kappa shape index (κ3) is 4.20. The molecule has 21 heavy (non-hydrogen) atoms. The van der Waals surface area contributed by atoms with Crippen LogP contribution in [0.4, 0.5) is 4.39 Å². The van der Waals surface area contributed by atoms with Crippen LogP contribution in [-0.2, 0) is 13.0 Å². The molecule has 0 aliphatic heterocycles. The molecule has 3 nitrogen and oxygen atoms in total. The average molecular weight is 308 g/mol. The molecule has 110 valence electrons. The predicted octanol–water partition coefficient (Wildman–Crippen LogP) is 4.45. The quantitative estimate of drug-likeness (QED) is 0.504. The van der Waals surface area contributed by atoms with Crippen molar-refractivity contribution in [1.29, 1.82) is 0 Å². The first-order valence-corrected chi connectivity index (χ1v) is 6.80. The summed E-state index contributed by atoms with van der Waals surface area (Å²) in [4.78, 5) is 0. The fourth-order valence-electron chi connectivity index (χ4n) is 1.86. The topological polar surface area (TPSA) is 41.8 Å². The number of oxime groups is 1. The van der Waals surface area contributed by atoms with E-state index >= 15 is 0 Å². The summed E-state index contributed by atoms with van der Waals surface area (Å²) < 4.78 is 19.1. The zero-order valence-electron chi connectivity index (χ0n) is 11.5. The number of nitrogens with zero attached hydrogens (tertiary/aromatic N) is 1. The highest BCUT2D eigenvalue weighted by Crippen LogP contribution is 2.21. The molecule has 0 spiro atoms. The second kappa shape index (κ2) is 7.09. The molecule has 2 aromatic rings. The van der Waals surface area contributed by atoms with E-state index < -0.39 is 0 Å². The average Bonchev–Trinajstić information content (AvgIpc) is 2.48. The Balaban J connectivity index is 2.01. The highest BCUT2D eigenvalue weighted by Gasteiger charge is 2.07. The van der Waals surface area contributed by atoms with Gasteiger partial charge in [0.1, 0.15) is 18.2 Å². The Labute approximate surface area is 127 Å². The Hall–Kier alpha value is -2.07. The van der Waals surface area contributed by atoms with Gasteiger partial charge < -0.3 is 9.94 Å². The minimum atomic E-state index is -0.381. The first kappa shape index (κ1) is 15.3. The first-order valence-electron chi connectivity index (χ1n) is 6.42. The molecule has 1 N–H and O–H groups in total. The van der Waals surface area contributed by atoms with Gasteiger partial charge in [0.05, 0.1) is 10.7 Å². The smallest absolute Gasteiger partial charge is 0.131 e. The lowest BCUT2D eigenvalue weighted by Gasteiger charge is -2.09. The van der Waals surface area contributed by atoms with Gasteiger partial charge in [-0.15, -0.1) is 0 Å². The molecule has 0 aliphatic carbocycles. The Bertz CT molecular complexity index is 621. The van der Waals surface area contributed by atoms with Crippen molar-refractivity contribution in [3.63, 3.8) is 0 Å². The van der Waals surface area contributed by atoms with E-state index in [2.05, 4.69) is 5.16 Å². The van der Waals surface area contributed by atoms with E-state index in [9.17, 15) is 4.39 Å². The highest BCUT2D eigenvalue weighted by molar-refractivity contribution is 6.31. The van der Waals surface area contributed by atoms with E-state index in [1.54, 1.807) is 31.2 Å². The van der Waals surface area contributed by atoms with Crippen LogP contribution in [-0.4, -0.2) is 10.9 Å². The van der Waals surface area contributed by atoms with Gasteiger partial charge in [0.25, 0.3) is 0 Å². The maximum absolute atomic E-state index is 13.6. The van der Waals surface area contributed by atoms with E-state index in [1.807, 2.05) is 12.1 Å². The van der Waals surface area contributed by atoms with E-state index in [0.29, 0.717) is 28.5 Å². The number of halogens is 2. The summed E-state index contributed by atoms with van der Waals surface area (Å²) in [6, 6.07) is 11.8. The van der Waals surface area contributed by atoms with Gasteiger partial charge in [-0.3, -0.25) is 0 Å². The molecule has 0 saturated heterocycles. The molecule has 0 aliphatic rings. The van der Waals surface area contributed by atoms with Crippen molar-refractivity contribution in [2.24, 2.45) is 5.16 Å². The molecule has 0 saturated carbocycles. The van der Waals surface area contributed by atoms with Crippen molar-refractivity contribution in [1.82, 2.24) is 0 Å². The van der Waals surface area contributed by atoms with Crippen LogP contribution in [0.3, 0.4) is 0 Å². The van der Waals surface area contributed by atoms with Gasteiger partial charge in [-0.2, -0.15) is 0 Å². The van der Waals surface area contributed by atoms with Crippen molar-refractivity contribution in [2.75, 3.05) is 0 Å². The second-order valence-corrected chi connectivity index (χ2v) is 5.05. The molecule has 5 heteroatoms. The van der Waals surface area contributed by atoms with Gasteiger partial charge >= 0.3 is 0 Å². The Kier molecular flexibility index (Phi) is 5.17. The minimum Gasteiger partial charge on any atom is -0.489 e. The molecule has 0 radical (unpaired) electrons. The molecule has 0 amide bonds. The number of hydrogen-bond donors (Lipinski definition) is 1. The molecule has 0 unspecified atom stereocenters. The molecule has 2 rings (SSSR count). The van der Waals surface area contributed by atoms with Gasteiger partial charge in [0.2, 0.25) is 0 Å². The summed E-state index contributed by atoms with van der Waals surface area (Å²) in [6.45, 7) is 1.81. The third-order valence-corrected chi connectivity index (χ3v) is 3.35. The zero-order chi connectivity index (χ0) is 15.2. The normalized spacial score (nSPS) is 11.5. The van der Waals surface area contributed by atoms with Crippen molar-refractivity contribution >= 4 is 17.3 Å². The molecule has 0 bridgehead atoms. The lowest BCUT2D eigenvalue weighted by Crippen LogP contribution is -2.00. The fourth-order valence-corrected chi connectivity index (χ4v) is 2.08. The number of ether oxygens (including phenoxy) is 1. The van der Waals surface area contributed by atoms with Crippen LogP contribution < -0.4 is 4.74 Å². The van der Waals surface area contributed by atoms with E-state index in [0.717, 1.165) is 5.56 Å². The van der Waals surface area contributed by atoms with Crippen molar-refractivity contribution in [3.05, 3.63) is 64.4 Å². The number of hydrogen-bond acceptors (Lipinski definition) is 3. The van der Waals surface area contributed by atoms with Crippen LogP contribution in [0.2, 0.25) is 5.02 Å². The summed E-state index contributed by atoms with van der Waals surface area (Å²) in [6.07, 6.45) is 0.565. The molecular weight excluding hydrogens is 293 g/mol. The third-order valence-electron chi connectivity index (χ3n) is 3.00. The lowest BCUT2D eigenvalue weighted by molar-refractivity contribution is 0.300. The van der Waals surface area contributed by atoms with Gasteiger partial charge in [0, 0.05) is 12.0 Å². The van der Waals surface area contributed by atoms with Gasteiger partial charge in [-0.05, 0) is 36.8 Å². The lowest BCUT2D eigenvalue weighted by atomic mass is 10.1. The monoisotopic (exact) mass is 307 g/mol.